The fourth-order valence-electron chi connectivity index (χ4n) is 12.0. The fraction of sp³-hybridized carbons (Fsp3) is 0.618. The van der Waals surface area contributed by atoms with Crippen LogP contribution in [0.3, 0.4) is 0 Å². The number of carbonyl (C=O) groups excluding carboxylic acids is 2. The first kappa shape index (κ1) is 79.4. The highest BCUT2D eigenvalue weighted by Crippen LogP contribution is 2.42. The molecule has 4 aromatic rings. The van der Waals surface area contributed by atoms with E-state index in [1.165, 1.54) is 0 Å². The van der Waals surface area contributed by atoms with Gasteiger partial charge in [0.15, 0.2) is 19.7 Å². The molecule has 24 nitrogen and oxygen atoms in total. The van der Waals surface area contributed by atoms with Crippen LogP contribution in [0.25, 0.3) is 0 Å². The van der Waals surface area contributed by atoms with E-state index in [0.29, 0.717) is 83.9 Å². The van der Waals surface area contributed by atoms with Crippen molar-refractivity contribution in [2.75, 3.05) is 99.5 Å². The maximum atomic E-state index is 13.8. The highest BCUT2D eigenvalue weighted by atomic mass is 32.2. The molecule has 0 spiro atoms. The van der Waals surface area contributed by atoms with Gasteiger partial charge >= 0.3 is 0 Å². The Bertz CT molecular complexity index is 3030. The molecule has 16 N–H and O–H groups in total. The lowest BCUT2D eigenvalue weighted by molar-refractivity contribution is -0.117. The Kier molecular flexibility index (Phi) is 31.7. The monoisotopic (exact) mass is 1360 g/mol. The predicted octanol–water partition coefficient (Wildman–Crippen LogP) is 3.38. The number of aliphatic hydroxyl groups is 10. The average Bonchev–Trinajstić information content (AvgIpc) is 1.58. The Morgan fingerprint density at radius 1 is 0.511 bits per heavy atom. The molecule has 12 atom stereocenters. The van der Waals surface area contributed by atoms with Crippen LogP contribution >= 0.6 is 0 Å². The SMILES string of the molecule is CCCC[C@@]1(CC)CS(=O)(=O)c2ccc(N(C)C)cc2[C@H](c2cccc(NC(=O)CCCCNC[C@H](O)[C@@H](O)[C@H](O)[C@H](O)CO)c2)N1.CCCC[C@]1(CC)CS(=O)(=O)c2ccc(N(C)C)cc2[C@@H](c2cccc(NC(=O)CCCCNC[C@H](O)[C@@H](O)[C@H](O)[C@H](O)CO)c2)N1. The molecule has 0 aromatic heterocycles. The number of nitrogens with one attached hydrogen (secondary N) is 6. The number of aliphatic hydroxyl groups excluding tert-OH is 10. The molecule has 26 heteroatoms. The van der Waals surface area contributed by atoms with E-state index < -0.39 is 105 Å². The molecular weight excluding hydrogens is 1250 g/mol. The van der Waals surface area contributed by atoms with E-state index in [-0.39, 0.29) is 49.3 Å². The highest BCUT2D eigenvalue weighted by molar-refractivity contribution is 7.91. The van der Waals surface area contributed by atoms with Crippen LogP contribution in [0.1, 0.15) is 152 Å². The summed E-state index contributed by atoms with van der Waals surface area (Å²) < 4.78 is 55.3. The molecule has 2 heterocycles. The molecule has 528 valence electrons. The average molecular weight is 1360 g/mol. The van der Waals surface area contributed by atoms with Gasteiger partial charge in [-0.1, -0.05) is 77.6 Å². The van der Waals surface area contributed by atoms with Gasteiger partial charge in [0.25, 0.3) is 0 Å². The number of hydrogen-bond acceptors (Lipinski definition) is 22. The Balaban J connectivity index is 0.000000341. The van der Waals surface area contributed by atoms with Gasteiger partial charge in [0.1, 0.15) is 36.6 Å². The van der Waals surface area contributed by atoms with Crippen molar-refractivity contribution < 1.29 is 77.5 Å². The molecule has 0 bridgehead atoms. The van der Waals surface area contributed by atoms with E-state index >= 15 is 0 Å². The van der Waals surface area contributed by atoms with Crippen molar-refractivity contribution >= 4 is 54.2 Å². The van der Waals surface area contributed by atoms with Crippen LogP contribution in [-0.2, 0) is 29.3 Å². The summed E-state index contributed by atoms with van der Waals surface area (Å²) in [5.41, 5.74) is 4.88. The molecule has 0 fully saturated rings. The van der Waals surface area contributed by atoms with Gasteiger partial charge in [-0.15, -0.1) is 0 Å². The first-order valence-corrected chi connectivity index (χ1v) is 36.4. The normalized spacial score (nSPS) is 21.6. The first-order valence-electron chi connectivity index (χ1n) is 33.0. The second-order valence-corrected chi connectivity index (χ2v) is 29.6. The number of rotatable bonds is 36. The molecule has 2 amide bonds. The van der Waals surface area contributed by atoms with Gasteiger partial charge in [-0.2, -0.15) is 0 Å². The number of unbranched alkanes of at least 4 members (excludes halogenated alkanes) is 4. The number of nitrogens with zero attached hydrogens (tertiary/aromatic N) is 2. The summed E-state index contributed by atoms with van der Waals surface area (Å²) in [6, 6.07) is 25.2. The third-order valence-electron chi connectivity index (χ3n) is 17.9. The molecule has 6 rings (SSSR count). The Morgan fingerprint density at radius 3 is 1.20 bits per heavy atom. The van der Waals surface area contributed by atoms with E-state index in [9.17, 15) is 67.3 Å². The van der Waals surface area contributed by atoms with Crippen molar-refractivity contribution in [3.05, 3.63) is 107 Å². The lowest BCUT2D eigenvalue weighted by Crippen LogP contribution is -2.50. The summed E-state index contributed by atoms with van der Waals surface area (Å²) in [5.74, 6) is -0.311. The number of hydrogen-bond donors (Lipinski definition) is 16. The molecule has 94 heavy (non-hydrogen) atoms. The van der Waals surface area contributed by atoms with Crippen LogP contribution < -0.4 is 41.7 Å². The zero-order valence-electron chi connectivity index (χ0n) is 56.0. The minimum absolute atomic E-state index is 0.0148. The largest absolute Gasteiger partial charge is 0.394 e. The standard InChI is InChI=1S/2C34H54N4O8S/c2*1-5-7-16-34(6-2)22-47(45,46)29-15-14-25(38(3)4)19-26(29)31(37-34)23-11-10-12-24(18-23)36-30(42)13-8-9-17-35-20-27(40)32(43)33(44)28(41)21-39/h2*10-12,14-15,18-19,27-28,31-33,35,37,39-41,43-44H,5-9,13,16-17,20-22H2,1-4H3,(H,36,42)/t27-,28+,31+,32+,33+,34+;27-,28+,31-,32+,33+,34-/m00/s1. The molecule has 4 aromatic carbocycles. The molecule has 2 aliphatic heterocycles. The van der Waals surface area contributed by atoms with Crippen LogP contribution in [0, 0.1) is 0 Å². The third-order valence-corrected chi connectivity index (χ3v) is 21.8. The Hall–Kier alpha value is -5.24. The van der Waals surface area contributed by atoms with Crippen LogP contribution in [0.15, 0.2) is 94.7 Å². The summed E-state index contributed by atoms with van der Waals surface area (Å²) in [6.45, 7) is 7.61. The molecule has 2 aliphatic rings. The Labute approximate surface area is 556 Å². The van der Waals surface area contributed by atoms with Crippen LogP contribution in [0.2, 0.25) is 0 Å². The highest BCUT2D eigenvalue weighted by Gasteiger charge is 2.44. The van der Waals surface area contributed by atoms with Gasteiger partial charge in [-0.3, -0.25) is 20.2 Å². The number of amides is 2. The van der Waals surface area contributed by atoms with Crippen LogP contribution in [-0.4, -0.2) is 219 Å². The van der Waals surface area contributed by atoms with Crippen molar-refractivity contribution in [1.29, 1.82) is 0 Å². The minimum Gasteiger partial charge on any atom is -0.394 e. The summed E-state index contributed by atoms with van der Waals surface area (Å²) in [6.07, 6.45) is -3.10. The van der Waals surface area contributed by atoms with Crippen molar-refractivity contribution in [3.63, 3.8) is 0 Å². The summed E-state index contributed by atoms with van der Waals surface area (Å²) in [5, 5.41) is 115. The number of fused-ring (bicyclic) bond motifs is 2. The smallest absolute Gasteiger partial charge is 0.224 e. The van der Waals surface area contributed by atoms with Gasteiger partial charge < -0.3 is 82.1 Å². The minimum atomic E-state index is -3.59. The maximum Gasteiger partial charge on any atom is 0.224 e. The summed E-state index contributed by atoms with van der Waals surface area (Å²) in [7, 11) is 0.511. The fourth-order valence-corrected chi connectivity index (χ4v) is 16.2. The zero-order chi connectivity index (χ0) is 69.6. The van der Waals surface area contributed by atoms with Gasteiger partial charge in [0.05, 0.1) is 58.8 Å². The number of carbonyl (C=O) groups is 2. The lowest BCUT2D eigenvalue weighted by atomic mass is 9.88. The number of sulfone groups is 2. The van der Waals surface area contributed by atoms with Crippen molar-refractivity contribution in [3.8, 4) is 0 Å². The van der Waals surface area contributed by atoms with Gasteiger partial charge in [0, 0.05) is 87.9 Å². The lowest BCUT2D eigenvalue weighted by Gasteiger charge is -2.36. The summed E-state index contributed by atoms with van der Waals surface area (Å²) >= 11 is 0. The second-order valence-electron chi connectivity index (χ2n) is 25.6. The van der Waals surface area contributed by atoms with Crippen molar-refractivity contribution in [1.82, 2.24) is 21.3 Å². The predicted molar refractivity (Wildman–Crippen MR) is 367 cm³/mol. The van der Waals surface area contributed by atoms with E-state index in [0.717, 1.165) is 61.0 Å². The molecule has 0 aliphatic carbocycles. The van der Waals surface area contributed by atoms with E-state index in [1.54, 1.807) is 12.1 Å². The van der Waals surface area contributed by atoms with E-state index in [2.05, 4.69) is 45.7 Å². The van der Waals surface area contributed by atoms with Gasteiger partial charge in [-0.25, -0.2) is 16.8 Å². The van der Waals surface area contributed by atoms with E-state index in [1.807, 2.05) is 125 Å². The first-order chi connectivity index (χ1) is 44.5. The molecule has 0 unspecified atom stereocenters. The van der Waals surface area contributed by atoms with Gasteiger partial charge in [0.2, 0.25) is 11.8 Å². The van der Waals surface area contributed by atoms with Crippen LogP contribution in [0.5, 0.6) is 0 Å². The molecular formula is C68H108N8O16S2. The maximum absolute atomic E-state index is 13.8. The molecule has 0 saturated heterocycles. The van der Waals surface area contributed by atoms with E-state index in [4.69, 9.17) is 10.2 Å². The van der Waals surface area contributed by atoms with Crippen molar-refractivity contribution in [2.45, 2.75) is 199 Å². The number of anilines is 4. The molecule has 0 saturated carbocycles. The Morgan fingerprint density at radius 2 is 0.872 bits per heavy atom. The topological polar surface area (TPSA) is 383 Å². The second kappa shape index (κ2) is 37.5. The number of benzene rings is 4. The van der Waals surface area contributed by atoms with Crippen LogP contribution in [0.4, 0.5) is 22.7 Å². The van der Waals surface area contributed by atoms with Gasteiger partial charge in [-0.05, 0) is 147 Å². The third kappa shape index (κ3) is 22.4. The quantitative estimate of drug-likeness (QED) is 0.0290. The molecule has 0 radical (unpaired) electrons. The zero-order valence-corrected chi connectivity index (χ0v) is 57.7. The summed E-state index contributed by atoms with van der Waals surface area (Å²) in [4.78, 5) is 30.3. The van der Waals surface area contributed by atoms with Crippen molar-refractivity contribution in [2.24, 2.45) is 0 Å².